The summed E-state index contributed by atoms with van der Waals surface area (Å²) >= 11 is 0. The van der Waals surface area contributed by atoms with Crippen LogP contribution in [0.3, 0.4) is 0 Å². The van der Waals surface area contributed by atoms with Gasteiger partial charge in [0, 0.05) is 0 Å². The number of unbranched alkanes of at least 4 members (excludes halogenated alkanes) is 1. The van der Waals surface area contributed by atoms with E-state index < -0.39 is 0 Å². The van der Waals surface area contributed by atoms with Crippen molar-refractivity contribution in [2.24, 2.45) is 0 Å². The number of hydrogen-bond acceptors (Lipinski definition) is 4. The topological polar surface area (TPSA) is 52.6 Å². The molecule has 2 aromatic carbocycles. The van der Waals surface area contributed by atoms with Crippen molar-refractivity contribution >= 4 is 11.9 Å². The largest absolute Gasteiger partial charge is 0.459 e. The molecule has 0 spiro atoms. The predicted molar refractivity (Wildman–Crippen MR) is 101 cm³/mol. The van der Waals surface area contributed by atoms with Crippen molar-refractivity contribution in [3.05, 3.63) is 71.8 Å². The minimum Gasteiger partial charge on any atom is -0.459 e. The summed E-state index contributed by atoms with van der Waals surface area (Å²) in [6, 6.07) is 18.0. The number of hydrogen-bond donors (Lipinski definition) is 0. The second kappa shape index (κ2) is 10.4. The van der Waals surface area contributed by atoms with Gasteiger partial charge in [0.2, 0.25) is 0 Å². The van der Waals surface area contributed by atoms with Gasteiger partial charge in [-0.05, 0) is 63.8 Å². The molecular weight excluding hydrogens is 328 g/mol. The summed E-state index contributed by atoms with van der Waals surface area (Å²) in [5.74, 6) is -0.577. The molecule has 0 N–H and O–H groups in total. The van der Waals surface area contributed by atoms with Gasteiger partial charge in [-0.2, -0.15) is 0 Å². The Labute approximate surface area is 155 Å². The van der Waals surface area contributed by atoms with E-state index in [2.05, 4.69) is 0 Å². The fourth-order valence-corrected chi connectivity index (χ4v) is 2.63. The molecule has 0 saturated carbocycles. The summed E-state index contributed by atoms with van der Waals surface area (Å²) in [5.41, 5.74) is 1.14. The van der Waals surface area contributed by atoms with Crippen LogP contribution in [0.25, 0.3) is 0 Å². The van der Waals surface area contributed by atoms with Gasteiger partial charge in [0.05, 0.1) is 23.3 Å². The molecule has 0 aliphatic heterocycles. The van der Waals surface area contributed by atoms with Gasteiger partial charge in [-0.3, -0.25) is 0 Å². The van der Waals surface area contributed by atoms with Gasteiger partial charge in [0.25, 0.3) is 0 Å². The standard InChI is InChI=1S/C22H26O4/c1-17(25-21(23)19-13-5-3-6-14-19)11-9-10-12-18(2)26-22(24)20-15-7-4-8-16-20/h3-8,13-18H,9-12H2,1-2H3. The molecule has 0 aromatic heterocycles. The average molecular weight is 354 g/mol. The third-order valence-corrected chi connectivity index (χ3v) is 4.11. The lowest BCUT2D eigenvalue weighted by Crippen LogP contribution is -2.16. The summed E-state index contributed by atoms with van der Waals surface area (Å²) in [7, 11) is 0. The summed E-state index contributed by atoms with van der Waals surface area (Å²) in [6.07, 6.45) is 3.14. The maximum atomic E-state index is 12.0. The summed E-state index contributed by atoms with van der Waals surface area (Å²) in [4.78, 5) is 23.9. The Hall–Kier alpha value is -2.62. The summed E-state index contributed by atoms with van der Waals surface area (Å²) in [5, 5.41) is 0. The molecule has 2 rings (SSSR count). The molecule has 0 fully saturated rings. The minimum atomic E-state index is -0.289. The lowest BCUT2D eigenvalue weighted by molar-refractivity contribution is 0.0278. The Kier molecular flexibility index (Phi) is 7.87. The van der Waals surface area contributed by atoms with Gasteiger partial charge in [0.1, 0.15) is 0 Å². The van der Waals surface area contributed by atoms with E-state index in [-0.39, 0.29) is 24.1 Å². The molecule has 0 aliphatic carbocycles. The Morgan fingerprint density at radius 3 is 1.38 bits per heavy atom. The highest BCUT2D eigenvalue weighted by Crippen LogP contribution is 2.13. The van der Waals surface area contributed by atoms with Crippen LogP contribution in [0.2, 0.25) is 0 Å². The number of ether oxygens (including phenoxy) is 2. The second-order valence-electron chi connectivity index (χ2n) is 6.45. The van der Waals surface area contributed by atoms with Crippen molar-refractivity contribution in [3.63, 3.8) is 0 Å². The van der Waals surface area contributed by atoms with Gasteiger partial charge in [-0.15, -0.1) is 0 Å². The Balaban J connectivity index is 1.62. The first kappa shape index (κ1) is 19.7. The smallest absolute Gasteiger partial charge is 0.338 e. The molecule has 0 bridgehead atoms. The molecule has 26 heavy (non-hydrogen) atoms. The Bertz CT molecular complexity index is 620. The van der Waals surface area contributed by atoms with Crippen LogP contribution in [0, 0.1) is 0 Å². The fourth-order valence-electron chi connectivity index (χ4n) is 2.63. The molecule has 0 aliphatic rings. The van der Waals surface area contributed by atoms with Crippen LogP contribution in [-0.2, 0) is 9.47 Å². The lowest BCUT2D eigenvalue weighted by Gasteiger charge is -2.15. The van der Waals surface area contributed by atoms with Crippen molar-refractivity contribution in [2.45, 2.75) is 51.7 Å². The van der Waals surface area contributed by atoms with E-state index >= 15 is 0 Å². The number of carbonyl (C=O) groups is 2. The third-order valence-electron chi connectivity index (χ3n) is 4.11. The van der Waals surface area contributed by atoms with Crippen LogP contribution in [0.4, 0.5) is 0 Å². The highest BCUT2D eigenvalue weighted by molar-refractivity contribution is 5.89. The lowest BCUT2D eigenvalue weighted by atomic mass is 10.1. The van der Waals surface area contributed by atoms with Crippen LogP contribution < -0.4 is 0 Å². The molecule has 4 nitrogen and oxygen atoms in total. The molecule has 4 heteroatoms. The minimum absolute atomic E-state index is 0.134. The van der Waals surface area contributed by atoms with Gasteiger partial charge in [-0.1, -0.05) is 36.4 Å². The third kappa shape index (κ3) is 6.71. The predicted octanol–water partition coefficient (Wildman–Crippen LogP) is 5.04. The van der Waals surface area contributed by atoms with Crippen LogP contribution in [0.15, 0.2) is 60.7 Å². The van der Waals surface area contributed by atoms with Crippen LogP contribution >= 0.6 is 0 Å². The molecule has 138 valence electrons. The summed E-state index contributed by atoms with van der Waals surface area (Å²) in [6.45, 7) is 3.80. The highest BCUT2D eigenvalue weighted by atomic mass is 16.5. The van der Waals surface area contributed by atoms with E-state index in [1.807, 2.05) is 50.2 Å². The summed E-state index contributed by atoms with van der Waals surface area (Å²) < 4.78 is 10.9. The van der Waals surface area contributed by atoms with Crippen molar-refractivity contribution in [1.29, 1.82) is 0 Å². The first-order chi connectivity index (χ1) is 12.6. The van der Waals surface area contributed by atoms with Gasteiger partial charge >= 0.3 is 11.9 Å². The van der Waals surface area contributed by atoms with Crippen molar-refractivity contribution in [3.8, 4) is 0 Å². The molecule has 0 heterocycles. The van der Waals surface area contributed by atoms with Crippen LogP contribution in [-0.4, -0.2) is 24.1 Å². The number of esters is 2. The first-order valence-electron chi connectivity index (χ1n) is 9.08. The SMILES string of the molecule is CC(CCCCC(C)OC(=O)c1ccccc1)OC(=O)c1ccccc1. The molecule has 2 unspecified atom stereocenters. The van der Waals surface area contributed by atoms with E-state index in [9.17, 15) is 9.59 Å². The number of benzene rings is 2. The molecule has 0 radical (unpaired) electrons. The van der Waals surface area contributed by atoms with E-state index in [1.165, 1.54) is 0 Å². The van der Waals surface area contributed by atoms with Gasteiger partial charge in [0.15, 0.2) is 0 Å². The number of rotatable bonds is 9. The van der Waals surface area contributed by atoms with Gasteiger partial charge < -0.3 is 9.47 Å². The first-order valence-corrected chi connectivity index (χ1v) is 9.08. The fraction of sp³-hybridized carbons (Fsp3) is 0.364. The molecule has 0 amide bonds. The molecular formula is C22H26O4. The quantitative estimate of drug-likeness (QED) is 0.468. The zero-order chi connectivity index (χ0) is 18.8. The Morgan fingerprint density at radius 1 is 0.692 bits per heavy atom. The molecule has 2 atom stereocenters. The van der Waals surface area contributed by atoms with Gasteiger partial charge in [-0.25, -0.2) is 9.59 Å². The van der Waals surface area contributed by atoms with Crippen LogP contribution in [0.5, 0.6) is 0 Å². The number of carbonyl (C=O) groups excluding carboxylic acids is 2. The highest BCUT2D eigenvalue weighted by Gasteiger charge is 2.13. The van der Waals surface area contributed by atoms with Crippen molar-refractivity contribution in [2.75, 3.05) is 0 Å². The van der Waals surface area contributed by atoms with Crippen molar-refractivity contribution in [1.82, 2.24) is 0 Å². The zero-order valence-corrected chi connectivity index (χ0v) is 15.4. The van der Waals surface area contributed by atoms with E-state index in [0.29, 0.717) is 11.1 Å². The van der Waals surface area contributed by atoms with Crippen LogP contribution in [0.1, 0.15) is 60.2 Å². The monoisotopic (exact) mass is 354 g/mol. The maximum Gasteiger partial charge on any atom is 0.338 e. The maximum absolute atomic E-state index is 12.0. The van der Waals surface area contributed by atoms with E-state index in [0.717, 1.165) is 25.7 Å². The zero-order valence-electron chi connectivity index (χ0n) is 15.4. The second-order valence-corrected chi connectivity index (χ2v) is 6.45. The van der Waals surface area contributed by atoms with E-state index in [1.54, 1.807) is 24.3 Å². The van der Waals surface area contributed by atoms with Crippen molar-refractivity contribution < 1.29 is 19.1 Å². The molecule has 0 saturated heterocycles. The molecule has 2 aromatic rings. The average Bonchev–Trinajstić information content (AvgIpc) is 2.66. The normalized spacial score (nSPS) is 12.8. The van der Waals surface area contributed by atoms with E-state index in [4.69, 9.17) is 9.47 Å². The Morgan fingerprint density at radius 2 is 1.04 bits per heavy atom.